The quantitative estimate of drug-likeness (QED) is 0.479. The first-order chi connectivity index (χ1) is 14.5. The summed E-state index contributed by atoms with van der Waals surface area (Å²) in [4.78, 5) is 36.9. The second-order valence-corrected chi connectivity index (χ2v) is 9.15. The number of hydrogen-bond donors (Lipinski definition) is 3. The molecule has 0 aliphatic carbocycles. The zero-order valence-corrected chi connectivity index (χ0v) is 18.3. The number of benzene rings is 1. The number of nitrogens with one attached hydrogen (secondary N) is 3. The summed E-state index contributed by atoms with van der Waals surface area (Å²) in [5.74, 6) is -0.871. The van der Waals surface area contributed by atoms with E-state index in [1.165, 1.54) is 0 Å². The molecular weight excluding hydrogens is 448 g/mol. The van der Waals surface area contributed by atoms with Gasteiger partial charge in [0.1, 0.15) is 23.0 Å². The Bertz CT molecular complexity index is 1290. The van der Waals surface area contributed by atoms with Gasteiger partial charge in [0.15, 0.2) is 5.22 Å². The second kappa shape index (κ2) is 7.39. The molecule has 3 N–H and O–H groups in total. The van der Waals surface area contributed by atoms with Crippen molar-refractivity contribution in [2.45, 2.75) is 33.4 Å². The van der Waals surface area contributed by atoms with Gasteiger partial charge >= 0.3 is 0 Å². The number of halogens is 3. The highest BCUT2D eigenvalue weighted by atomic mass is 35.5. The fourth-order valence-corrected chi connectivity index (χ4v) is 3.99. The Hall–Kier alpha value is -2.84. The van der Waals surface area contributed by atoms with Gasteiger partial charge < -0.3 is 20.4 Å². The second-order valence-electron chi connectivity index (χ2n) is 8.37. The van der Waals surface area contributed by atoms with E-state index in [-0.39, 0.29) is 39.4 Å². The molecule has 0 saturated heterocycles. The van der Waals surface area contributed by atoms with Crippen molar-refractivity contribution in [3.8, 4) is 0 Å². The Morgan fingerprint density at radius 2 is 1.77 bits per heavy atom. The Balaban J connectivity index is 1.74. The van der Waals surface area contributed by atoms with E-state index in [2.05, 4.69) is 16.0 Å². The summed E-state index contributed by atoms with van der Waals surface area (Å²) < 4.78 is 20.2. The first-order valence-corrected chi connectivity index (χ1v) is 10.2. The van der Waals surface area contributed by atoms with Crippen molar-refractivity contribution < 1.29 is 13.6 Å². The summed E-state index contributed by atoms with van der Waals surface area (Å²) in [7, 11) is 0. The van der Waals surface area contributed by atoms with Crippen LogP contribution in [0, 0.1) is 11.2 Å². The number of furan rings is 1. The summed E-state index contributed by atoms with van der Waals surface area (Å²) in [6, 6.07) is 3.78. The molecule has 1 aliphatic rings. The molecule has 10 heteroatoms. The number of hydrogen-bond acceptors (Lipinski definition) is 6. The maximum absolute atomic E-state index is 14.7. The third-order valence-electron chi connectivity index (χ3n) is 5.18. The SMILES string of the molecule is CC(C)(C)[C@@H](Nc1c(Nc2c(F)cc(Cl)c3c2C(=O)NC3)c(=O)c1=O)c1ccc(Cl)o1. The third-order valence-corrected chi connectivity index (χ3v) is 5.72. The zero-order chi connectivity index (χ0) is 22.7. The molecule has 0 radical (unpaired) electrons. The molecule has 1 aliphatic heterocycles. The van der Waals surface area contributed by atoms with Crippen LogP contribution in [0.2, 0.25) is 10.2 Å². The van der Waals surface area contributed by atoms with E-state index in [9.17, 15) is 18.8 Å². The maximum Gasteiger partial charge on any atom is 0.254 e. The number of carbonyl (C=O) groups is 1. The number of amides is 1. The highest BCUT2D eigenvalue weighted by Gasteiger charge is 2.34. The van der Waals surface area contributed by atoms with Gasteiger partial charge in [-0.1, -0.05) is 32.4 Å². The van der Waals surface area contributed by atoms with Crippen LogP contribution >= 0.6 is 23.2 Å². The monoisotopic (exact) mass is 465 g/mol. The molecule has 0 fully saturated rings. The average molecular weight is 466 g/mol. The standard InChI is InChI=1S/C21H18Cl2FN3O4/c1-21(2,3)19(11-4-5-12(23)31-11)27-16-15(17(28)18(16)29)26-14-10(24)6-9(22)8-7-25-20(30)13(8)14/h4-6,19,26-27H,7H2,1-3H3,(H,25,30)/t19-/m0/s1. The highest BCUT2D eigenvalue weighted by Crippen LogP contribution is 2.40. The largest absolute Gasteiger partial charge is 0.447 e. The van der Waals surface area contributed by atoms with Crippen LogP contribution in [-0.4, -0.2) is 5.91 Å². The number of fused-ring (bicyclic) bond motifs is 1. The van der Waals surface area contributed by atoms with E-state index < -0.39 is 34.0 Å². The Morgan fingerprint density at radius 3 is 2.39 bits per heavy atom. The molecule has 1 atom stereocenters. The predicted molar refractivity (Wildman–Crippen MR) is 117 cm³/mol. The molecule has 31 heavy (non-hydrogen) atoms. The summed E-state index contributed by atoms with van der Waals surface area (Å²) >= 11 is 11.9. The van der Waals surface area contributed by atoms with Crippen LogP contribution in [0.25, 0.3) is 0 Å². The third kappa shape index (κ3) is 3.59. The average Bonchev–Trinajstić information content (AvgIpc) is 3.28. The fraction of sp³-hybridized carbons (Fsp3) is 0.286. The molecule has 2 heterocycles. The summed E-state index contributed by atoms with van der Waals surface area (Å²) in [5.41, 5.74) is -1.98. The van der Waals surface area contributed by atoms with E-state index in [0.29, 0.717) is 11.3 Å². The Labute approximate surface area is 186 Å². The van der Waals surface area contributed by atoms with E-state index in [0.717, 1.165) is 6.07 Å². The van der Waals surface area contributed by atoms with E-state index in [1.807, 2.05) is 20.8 Å². The minimum absolute atomic E-state index is 0.00851. The number of rotatable bonds is 5. The minimum atomic E-state index is -0.825. The topological polar surface area (TPSA) is 100 Å². The van der Waals surface area contributed by atoms with Crippen LogP contribution < -0.4 is 26.8 Å². The van der Waals surface area contributed by atoms with Crippen molar-refractivity contribution in [2.24, 2.45) is 5.41 Å². The molecule has 2 aromatic carbocycles. The molecular formula is C21H18Cl2FN3O4. The van der Waals surface area contributed by atoms with Crippen molar-refractivity contribution in [3.63, 3.8) is 0 Å². The van der Waals surface area contributed by atoms with Gasteiger partial charge in [0.25, 0.3) is 16.8 Å². The Morgan fingerprint density at radius 1 is 1.10 bits per heavy atom. The number of carbonyl (C=O) groups excluding carboxylic acids is 1. The van der Waals surface area contributed by atoms with Crippen molar-refractivity contribution in [2.75, 3.05) is 10.6 Å². The first-order valence-electron chi connectivity index (χ1n) is 9.40. The smallest absolute Gasteiger partial charge is 0.254 e. The summed E-state index contributed by atoms with van der Waals surface area (Å²) in [6.07, 6.45) is 0. The molecule has 0 saturated carbocycles. The highest BCUT2D eigenvalue weighted by molar-refractivity contribution is 6.32. The van der Waals surface area contributed by atoms with Crippen LogP contribution in [0.15, 0.2) is 32.2 Å². The van der Waals surface area contributed by atoms with Gasteiger partial charge in [0.05, 0.1) is 17.3 Å². The van der Waals surface area contributed by atoms with Crippen LogP contribution in [0.3, 0.4) is 0 Å². The van der Waals surface area contributed by atoms with Crippen LogP contribution in [0.1, 0.15) is 48.5 Å². The predicted octanol–water partition coefficient (Wildman–Crippen LogP) is 4.51. The maximum atomic E-state index is 14.7. The summed E-state index contributed by atoms with van der Waals surface area (Å²) in [6.45, 7) is 5.88. The normalized spacial score (nSPS) is 14.5. The van der Waals surface area contributed by atoms with Crippen molar-refractivity contribution in [1.82, 2.24) is 5.32 Å². The van der Waals surface area contributed by atoms with Gasteiger partial charge in [0, 0.05) is 17.1 Å². The Kier molecular flexibility index (Phi) is 5.10. The molecule has 7 nitrogen and oxygen atoms in total. The van der Waals surface area contributed by atoms with Crippen molar-refractivity contribution in [1.29, 1.82) is 0 Å². The van der Waals surface area contributed by atoms with E-state index >= 15 is 0 Å². The van der Waals surface area contributed by atoms with Gasteiger partial charge in [-0.25, -0.2) is 4.39 Å². The molecule has 1 amide bonds. The molecule has 0 unspecified atom stereocenters. The van der Waals surface area contributed by atoms with Crippen LogP contribution in [0.4, 0.5) is 21.5 Å². The lowest BCUT2D eigenvalue weighted by Gasteiger charge is -2.31. The fourth-order valence-electron chi connectivity index (χ4n) is 3.58. The lowest BCUT2D eigenvalue weighted by molar-refractivity contribution is 0.0966. The van der Waals surface area contributed by atoms with Gasteiger partial charge in [-0.15, -0.1) is 0 Å². The van der Waals surface area contributed by atoms with Crippen LogP contribution in [-0.2, 0) is 6.54 Å². The first kappa shape index (κ1) is 21.4. The molecule has 1 aromatic heterocycles. The zero-order valence-electron chi connectivity index (χ0n) is 16.8. The molecule has 0 spiro atoms. The van der Waals surface area contributed by atoms with Gasteiger partial charge in [-0.05, 0) is 35.2 Å². The summed E-state index contributed by atoms with van der Waals surface area (Å²) in [5, 5.41) is 8.52. The van der Waals surface area contributed by atoms with Crippen molar-refractivity contribution >= 4 is 46.2 Å². The van der Waals surface area contributed by atoms with Gasteiger partial charge in [-0.2, -0.15) is 0 Å². The van der Waals surface area contributed by atoms with Crippen molar-refractivity contribution in [3.05, 3.63) is 71.6 Å². The lowest BCUT2D eigenvalue weighted by Crippen LogP contribution is -2.39. The lowest BCUT2D eigenvalue weighted by atomic mass is 9.85. The molecule has 0 bridgehead atoms. The number of anilines is 3. The van der Waals surface area contributed by atoms with Gasteiger partial charge in [-0.3, -0.25) is 14.4 Å². The molecule has 3 aromatic rings. The van der Waals surface area contributed by atoms with Gasteiger partial charge in [0.2, 0.25) is 0 Å². The van der Waals surface area contributed by atoms with E-state index in [1.54, 1.807) is 12.1 Å². The minimum Gasteiger partial charge on any atom is -0.447 e. The van der Waals surface area contributed by atoms with E-state index in [4.69, 9.17) is 27.6 Å². The van der Waals surface area contributed by atoms with Crippen LogP contribution in [0.5, 0.6) is 0 Å². The molecule has 4 rings (SSSR count). The molecule has 162 valence electrons.